The topological polar surface area (TPSA) is 69.6 Å². The molecule has 0 saturated heterocycles. The molecule has 0 rings (SSSR count). The summed E-state index contributed by atoms with van der Waals surface area (Å²) in [6, 6.07) is 0. The van der Waals surface area contributed by atoms with Crippen LogP contribution < -0.4 is 5.32 Å². The van der Waals surface area contributed by atoms with Gasteiger partial charge in [0.15, 0.2) is 0 Å². The van der Waals surface area contributed by atoms with E-state index in [-0.39, 0.29) is 13.2 Å². The summed E-state index contributed by atoms with van der Waals surface area (Å²) in [7, 11) is 1.59. The predicted octanol–water partition coefficient (Wildman–Crippen LogP) is -0.711. The van der Waals surface area contributed by atoms with Gasteiger partial charge in [-0.1, -0.05) is 0 Å². The second kappa shape index (κ2) is 10.4. The van der Waals surface area contributed by atoms with Gasteiger partial charge in [0.2, 0.25) is 0 Å². The summed E-state index contributed by atoms with van der Waals surface area (Å²) in [6.07, 6.45) is 0. The van der Waals surface area contributed by atoms with Gasteiger partial charge in [-0.25, -0.2) is 0 Å². The van der Waals surface area contributed by atoms with E-state index in [0.29, 0.717) is 0 Å². The summed E-state index contributed by atoms with van der Waals surface area (Å²) >= 11 is 0. The Kier molecular flexibility index (Phi) is 13.0. The smallest absolute Gasteiger partial charge is 0.317 e. The van der Waals surface area contributed by atoms with E-state index in [9.17, 15) is 4.79 Å². The van der Waals surface area contributed by atoms with E-state index < -0.39 is 5.97 Å². The number of hydrogen-bond donors (Lipinski definition) is 3. The summed E-state index contributed by atoms with van der Waals surface area (Å²) < 4.78 is 0. The highest BCUT2D eigenvalue weighted by atomic mass is 16.4. The summed E-state index contributed by atoms with van der Waals surface area (Å²) in [5.41, 5.74) is 0. The molecule has 0 aromatic heterocycles. The molecule has 0 saturated carbocycles. The maximum absolute atomic E-state index is 9.54. The molecule has 4 nitrogen and oxygen atoms in total. The molecule has 0 fully saturated rings. The second-order valence-corrected chi connectivity index (χ2v) is 1.24. The number of nitrogens with one attached hydrogen (secondary N) is 1. The average Bonchev–Trinajstić information content (AvgIpc) is 1.67. The van der Waals surface area contributed by atoms with Crippen LogP contribution in [-0.2, 0) is 4.79 Å². The molecule has 0 spiro atoms. The van der Waals surface area contributed by atoms with Crippen molar-refractivity contribution >= 4 is 5.97 Å². The van der Waals surface area contributed by atoms with E-state index in [0.717, 1.165) is 0 Å². The number of carboxylic acid groups (broad SMARTS) is 1. The molecule has 9 heavy (non-hydrogen) atoms. The van der Waals surface area contributed by atoms with Gasteiger partial charge in [0.25, 0.3) is 0 Å². The Bertz CT molecular complexity index is 65.2. The zero-order valence-electron chi connectivity index (χ0n) is 5.72. The Hall–Kier alpha value is -0.610. The van der Waals surface area contributed by atoms with Crippen molar-refractivity contribution in [3.8, 4) is 0 Å². The fourth-order valence-corrected chi connectivity index (χ4v) is 0.151. The van der Waals surface area contributed by atoms with Crippen molar-refractivity contribution in [2.24, 2.45) is 0 Å². The Morgan fingerprint density at radius 2 is 2.00 bits per heavy atom. The fourth-order valence-electron chi connectivity index (χ4n) is 0.151. The van der Waals surface area contributed by atoms with Gasteiger partial charge in [0, 0.05) is 6.61 Å². The lowest BCUT2D eigenvalue weighted by molar-refractivity contribution is -0.135. The van der Waals surface area contributed by atoms with E-state index in [1.807, 2.05) is 0 Å². The zero-order chi connectivity index (χ0) is 7.70. The number of likely N-dealkylation sites (N-methyl/N-ethyl adjacent to an activating group) is 1. The first-order valence-electron chi connectivity index (χ1n) is 2.66. The lowest BCUT2D eigenvalue weighted by atomic mass is 10.7. The van der Waals surface area contributed by atoms with Crippen LogP contribution in [-0.4, -0.2) is 36.4 Å². The molecule has 3 N–H and O–H groups in total. The first kappa shape index (κ1) is 11.2. The van der Waals surface area contributed by atoms with Gasteiger partial charge in [0.05, 0.1) is 6.54 Å². The third-order valence-electron chi connectivity index (χ3n) is 0.328. The van der Waals surface area contributed by atoms with E-state index in [2.05, 4.69) is 5.32 Å². The lowest BCUT2D eigenvalue weighted by Crippen LogP contribution is -2.16. The maximum atomic E-state index is 9.54. The second-order valence-electron chi connectivity index (χ2n) is 1.24. The van der Waals surface area contributed by atoms with E-state index in [1.54, 1.807) is 14.0 Å². The molecule has 0 aliphatic rings. The van der Waals surface area contributed by atoms with Crippen LogP contribution in [0.4, 0.5) is 0 Å². The van der Waals surface area contributed by atoms with Crippen molar-refractivity contribution in [3.63, 3.8) is 0 Å². The van der Waals surface area contributed by atoms with Crippen LogP contribution in [0.15, 0.2) is 0 Å². The molecule has 56 valence electrons. The third-order valence-corrected chi connectivity index (χ3v) is 0.328. The molecule has 0 heterocycles. The monoisotopic (exact) mass is 135 g/mol. The summed E-state index contributed by atoms with van der Waals surface area (Å²) in [5.74, 6) is -0.822. The van der Waals surface area contributed by atoms with Gasteiger partial charge in [0.1, 0.15) is 0 Å². The Labute approximate surface area is 54.5 Å². The Morgan fingerprint density at radius 3 is 2.00 bits per heavy atom. The number of aliphatic carboxylic acids is 1. The first-order valence-corrected chi connectivity index (χ1v) is 2.66. The largest absolute Gasteiger partial charge is 0.480 e. The van der Waals surface area contributed by atoms with Crippen LogP contribution in [0.5, 0.6) is 0 Å². The van der Waals surface area contributed by atoms with Crippen molar-refractivity contribution in [1.29, 1.82) is 0 Å². The van der Waals surface area contributed by atoms with Crippen LogP contribution in [0.25, 0.3) is 0 Å². The molecule has 0 unspecified atom stereocenters. The van der Waals surface area contributed by atoms with Gasteiger partial charge in [-0.05, 0) is 14.0 Å². The molecule has 0 aliphatic heterocycles. The molecular formula is C5H13NO3. The van der Waals surface area contributed by atoms with Crippen molar-refractivity contribution in [3.05, 3.63) is 0 Å². The number of hydrogen-bond acceptors (Lipinski definition) is 3. The minimum absolute atomic E-state index is 0.0417. The highest BCUT2D eigenvalue weighted by Gasteiger charge is 1.86. The van der Waals surface area contributed by atoms with Crippen molar-refractivity contribution in [1.82, 2.24) is 5.32 Å². The normalized spacial score (nSPS) is 7.44. The van der Waals surface area contributed by atoms with E-state index in [1.165, 1.54) is 0 Å². The highest BCUT2D eigenvalue weighted by molar-refractivity contribution is 5.68. The quantitative estimate of drug-likeness (QED) is 0.468. The molecule has 4 heteroatoms. The highest BCUT2D eigenvalue weighted by Crippen LogP contribution is 1.50. The average molecular weight is 135 g/mol. The molecule has 0 radical (unpaired) electrons. The minimum atomic E-state index is -0.822. The number of rotatable bonds is 2. The van der Waals surface area contributed by atoms with Gasteiger partial charge in [-0.3, -0.25) is 4.79 Å². The SMILES string of the molecule is CCO.CNCC(=O)O. The molecule has 0 amide bonds. The number of carboxylic acids is 1. The molecule has 0 aliphatic carbocycles. The Balaban J connectivity index is 0. The third kappa shape index (κ3) is 37.6. The van der Waals surface area contributed by atoms with Crippen LogP contribution >= 0.6 is 0 Å². The molecule has 0 aromatic rings. The van der Waals surface area contributed by atoms with Gasteiger partial charge < -0.3 is 15.5 Å². The molecule has 0 aromatic carbocycles. The molecule has 0 atom stereocenters. The summed E-state index contributed by atoms with van der Waals surface area (Å²) in [4.78, 5) is 9.54. The first-order chi connectivity index (χ1) is 4.18. The van der Waals surface area contributed by atoms with Crippen molar-refractivity contribution in [2.45, 2.75) is 6.92 Å². The van der Waals surface area contributed by atoms with Gasteiger partial charge >= 0.3 is 5.97 Å². The van der Waals surface area contributed by atoms with Gasteiger partial charge in [-0.2, -0.15) is 0 Å². The van der Waals surface area contributed by atoms with Crippen LogP contribution in [0.3, 0.4) is 0 Å². The number of carbonyl (C=O) groups is 1. The Morgan fingerprint density at radius 1 is 1.67 bits per heavy atom. The minimum Gasteiger partial charge on any atom is -0.480 e. The number of aliphatic hydroxyl groups is 1. The fraction of sp³-hybridized carbons (Fsp3) is 0.800. The van der Waals surface area contributed by atoms with Gasteiger partial charge in [-0.15, -0.1) is 0 Å². The number of aliphatic hydroxyl groups excluding tert-OH is 1. The van der Waals surface area contributed by atoms with Crippen molar-refractivity contribution < 1.29 is 15.0 Å². The predicted molar refractivity (Wildman–Crippen MR) is 34.3 cm³/mol. The summed E-state index contributed by atoms with van der Waals surface area (Å²) in [6.45, 7) is 1.97. The lowest BCUT2D eigenvalue weighted by Gasteiger charge is -1.84. The van der Waals surface area contributed by atoms with E-state index >= 15 is 0 Å². The van der Waals surface area contributed by atoms with Crippen molar-refractivity contribution in [2.75, 3.05) is 20.2 Å². The summed E-state index contributed by atoms with van der Waals surface area (Å²) in [5, 5.41) is 17.9. The van der Waals surface area contributed by atoms with Crippen LogP contribution in [0.1, 0.15) is 6.92 Å². The maximum Gasteiger partial charge on any atom is 0.317 e. The van der Waals surface area contributed by atoms with Crippen LogP contribution in [0, 0.1) is 0 Å². The molecule has 0 bridgehead atoms. The van der Waals surface area contributed by atoms with E-state index in [4.69, 9.17) is 10.2 Å². The van der Waals surface area contributed by atoms with Crippen LogP contribution in [0.2, 0.25) is 0 Å². The standard InChI is InChI=1S/C3H7NO2.C2H6O/c1-4-2-3(5)6;1-2-3/h4H,2H2,1H3,(H,5,6);3H,2H2,1H3. The molecular weight excluding hydrogens is 122 g/mol. The zero-order valence-corrected chi connectivity index (χ0v) is 5.72.